The number of hydrogen-bond donors (Lipinski definition) is 2. The number of amides is 1. The van der Waals surface area contributed by atoms with Crippen LogP contribution in [0.2, 0.25) is 0 Å². The van der Waals surface area contributed by atoms with Crippen LogP contribution < -0.4 is 10.0 Å². The Bertz CT molecular complexity index is 742. The molecule has 1 fully saturated rings. The Hall–Kier alpha value is -1.97. The molecular formula is C18H26N2O6S. The summed E-state index contributed by atoms with van der Waals surface area (Å²) in [7, 11) is -3.68. The first kappa shape index (κ1) is 21.3. The number of nitrogens with one attached hydrogen (secondary N) is 2. The van der Waals surface area contributed by atoms with E-state index in [0.717, 1.165) is 19.3 Å². The van der Waals surface area contributed by atoms with Gasteiger partial charge in [-0.25, -0.2) is 17.9 Å². The van der Waals surface area contributed by atoms with E-state index < -0.39 is 22.1 Å². The Labute approximate surface area is 159 Å². The van der Waals surface area contributed by atoms with Gasteiger partial charge in [-0.2, -0.15) is 0 Å². The Kier molecular flexibility index (Phi) is 7.76. The molecule has 0 unspecified atom stereocenters. The van der Waals surface area contributed by atoms with Crippen molar-refractivity contribution in [2.75, 3.05) is 19.7 Å². The fourth-order valence-corrected chi connectivity index (χ4v) is 3.60. The number of ether oxygens (including phenoxy) is 2. The highest BCUT2D eigenvalue weighted by Gasteiger charge is 2.22. The maximum absolute atomic E-state index is 12.3. The lowest BCUT2D eigenvalue weighted by Gasteiger charge is -2.14. The summed E-state index contributed by atoms with van der Waals surface area (Å²) in [4.78, 5) is 23.9. The van der Waals surface area contributed by atoms with Crippen molar-refractivity contribution >= 4 is 21.9 Å². The van der Waals surface area contributed by atoms with E-state index >= 15 is 0 Å². The van der Waals surface area contributed by atoms with E-state index in [2.05, 4.69) is 10.0 Å². The van der Waals surface area contributed by atoms with Crippen LogP contribution >= 0.6 is 0 Å². The van der Waals surface area contributed by atoms with Crippen molar-refractivity contribution in [3.05, 3.63) is 29.8 Å². The quantitative estimate of drug-likeness (QED) is 0.605. The van der Waals surface area contributed by atoms with Gasteiger partial charge in [0.05, 0.1) is 16.6 Å². The van der Waals surface area contributed by atoms with E-state index in [9.17, 15) is 18.0 Å². The van der Waals surface area contributed by atoms with E-state index in [0.29, 0.717) is 13.2 Å². The topological polar surface area (TPSA) is 111 Å². The zero-order chi connectivity index (χ0) is 19.9. The van der Waals surface area contributed by atoms with Crippen molar-refractivity contribution in [3.63, 3.8) is 0 Å². The second-order valence-electron chi connectivity index (χ2n) is 6.35. The molecule has 1 aromatic rings. The van der Waals surface area contributed by atoms with E-state index in [1.807, 2.05) is 6.92 Å². The minimum atomic E-state index is -3.68. The molecule has 1 heterocycles. The summed E-state index contributed by atoms with van der Waals surface area (Å²) in [5, 5.41) is 2.64. The molecule has 2 rings (SSSR count). The molecule has 0 aliphatic carbocycles. The van der Waals surface area contributed by atoms with Crippen molar-refractivity contribution < 1.29 is 27.5 Å². The van der Waals surface area contributed by atoms with Crippen molar-refractivity contribution in [2.24, 2.45) is 0 Å². The van der Waals surface area contributed by atoms with Crippen molar-refractivity contribution in [1.29, 1.82) is 0 Å². The summed E-state index contributed by atoms with van der Waals surface area (Å²) >= 11 is 0. The second-order valence-corrected chi connectivity index (χ2v) is 8.12. The largest absolute Gasteiger partial charge is 0.449 e. The highest BCUT2D eigenvalue weighted by atomic mass is 32.2. The molecule has 8 nitrogen and oxygen atoms in total. The molecule has 27 heavy (non-hydrogen) atoms. The molecule has 0 saturated carbocycles. The molecule has 9 heteroatoms. The molecule has 1 amide bonds. The van der Waals surface area contributed by atoms with Crippen molar-refractivity contribution in [3.8, 4) is 0 Å². The Balaban J connectivity index is 1.92. The Morgan fingerprint density at radius 2 is 2.00 bits per heavy atom. The molecule has 150 valence electrons. The first-order valence-electron chi connectivity index (χ1n) is 9.03. The third kappa shape index (κ3) is 6.30. The maximum atomic E-state index is 12.3. The second kappa shape index (κ2) is 9.82. The summed E-state index contributed by atoms with van der Waals surface area (Å²) in [6.07, 6.45) is 1.51. The molecule has 0 radical (unpaired) electrons. The number of rotatable bonds is 9. The standard InChI is InChI=1S/C18H26N2O6S/c1-3-10-19-17(21)13(2)26-18(22)14-6-8-16(9-7-14)27(23,24)20-12-15-5-4-11-25-15/h6-9,13,15,20H,3-5,10-12H2,1-2H3,(H,19,21)/t13-,15-/m1/s1. The maximum Gasteiger partial charge on any atom is 0.338 e. The predicted octanol–water partition coefficient (Wildman–Crippen LogP) is 1.22. The summed E-state index contributed by atoms with van der Waals surface area (Å²) in [6, 6.07) is 5.38. The molecule has 0 bridgehead atoms. The number of carbonyl (C=O) groups excluding carboxylic acids is 2. The zero-order valence-electron chi connectivity index (χ0n) is 15.6. The molecule has 1 aromatic carbocycles. The van der Waals surface area contributed by atoms with Gasteiger partial charge in [-0.05, 0) is 50.5 Å². The highest BCUT2D eigenvalue weighted by molar-refractivity contribution is 7.89. The fraction of sp³-hybridized carbons (Fsp3) is 0.556. The molecule has 2 atom stereocenters. The van der Waals surface area contributed by atoms with Gasteiger partial charge in [-0.15, -0.1) is 0 Å². The molecule has 1 aliphatic rings. The minimum absolute atomic E-state index is 0.0470. The van der Waals surface area contributed by atoms with Crippen LogP contribution in [-0.4, -0.2) is 52.2 Å². The van der Waals surface area contributed by atoms with Crippen LogP contribution in [0, 0.1) is 0 Å². The normalized spacial score (nSPS) is 18.1. The zero-order valence-corrected chi connectivity index (χ0v) is 16.4. The van der Waals surface area contributed by atoms with Crippen LogP contribution in [0.1, 0.15) is 43.5 Å². The van der Waals surface area contributed by atoms with Gasteiger partial charge in [0, 0.05) is 19.7 Å². The third-order valence-electron chi connectivity index (χ3n) is 4.13. The van der Waals surface area contributed by atoms with Gasteiger partial charge in [-0.1, -0.05) is 6.92 Å². The van der Waals surface area contributed by atoms with Gasteiger partial charge in [-0.3, -0.25) is 4.79 Å². The average molecular weight is 398 g/mol. The highest BCUT2D eigenvalue weighted by Crippen LogP contribution is 2.14. The predicted molar refractivity (Wildman–Crippen MR) is 98.8 cm³/mol. The number of sulfonamides is 1. The smallest absolute Gasteiger partial charge is 0.338 e. The summed E-state index contributed by atoms with van der Waals surface area (Å²) in [5.74, 6) is -1.06. The van der Waals surface area contributed by atoms with E-state index in [4.69, 9.17) is 9.47 Å². The molecular weight excluding hydrogens is 372 g/mol. The summed E-state index contributed by atoms with van der Waals surface area (Å²) in [5.41, 5.74) is 0.170. The lowest BCUT2D eigenvalue weighted by molar-refractivity contribution is -0.129. The van der Waals surface area contributed by atoms with Gasteiger partial charge in [0.15, 0.2) is 6.10 Å². The first-order valence-corrected chi connectivity index (χ1v) is 10.5. The number of carbonyl (C=O) groups is 2. The van der Waals surface area contributed by atoms with Crippen LogP contribution in [0.15, 0.2) is 29.2 Å². The van der Waals surface area contributed by atoms with Crippen LogP contribution in [0.4, 0.5) is 0 Å². The van der Waals surface area contributed by atoms with E-state index in [-0.39, 0.29) is 29.0 Å². The van der Waals surface area contributed by atoms with E-state index in [1.54, 1.807) is 0 Å². The number of benzene rings is 1. The summed E-state index contributed by atoms with van der Waals surface area (Å²) < 4.78 is 37.6. The fourth-order valence-electron chi connectivity index (χ4n) is 2.54. The minimum Gasteiger partial charge on any atom is -0.449 e. The molecule has 1 saturated heterocycles. The Morgan fingerprint density at radius 1 is 1.30 bits per heavy atom. The van der Waals surface area contributed by atoms with Crippen molar-refractivity contribution in [2.45, 2.75) is 50.2 Å². The number of hydrogen-bond acceptors (Lipinski definition) is 6. The Morgan fingerprint density at radius 3 is 2.59 bits per heavy atom. The SMILES string of the molecule is CCCNC(=O)[C@@H](C)OC(=O)c1ccc(S(=O)(=O)NC[C@H]2CCCO2)cc1. The lowest BCUT2D eigenvalue weighted by atomic mass is 10.2. The van der Waals surface area contributed by atoms with Crippen LogP contribution in [0.5, 0.6) is 0 Å². The first-order chi connectivity index (χ1) is 12.8. The van der Waals surface area contributed by atoms with E-state index in [1.165, 1.54) is 31.2 Å². The van der Waals surface area contributed by atoms with Crippen molar-refractivity contribution in [1.82, 2.24) is 10.0 Å². The van der Waals surface area contributed by atoms with Crippen LogP contribution in [-0.2, 0) is 24.3 Å². The van der Waals surface area contributed by atoms with Gasteiger partial charge in [0.1, 0.15) is 0 Å². The van der Waals surface area contributed by atoms with Crippen LogP contribution in [0.3, 0.4) is 0 Å². The molecule has 2 N–H and O–H groups in total. The van der Waals surface area contributed by atoms with Crippen LogP contribution in [0.25, 0.3) is 0 Å². The van der Waals surface area contributed by atoms with Gasteiger partial charge in [0.2, 0.25) is 10.0 Å². The monoisotopic (exact) mass is 398 g/mol. The number of esters is 1. The van der Waals surface area contributed by atoms with Gasteiger partial charge in [0.25, 0.3) is 5.91 Å². The molecule has 0 spiro atoms. The summed E-state index contributed by atoms with van der Waals surface area (Å²) in [6.45, 7) is 4.78. The third-order valence-corrected chi connectivity index (χ3v) is 5.57. The average Bonchev–Trinajstić information content (AvgIpc) is 3.18. The lowest BCUT2D eigenvalue weighted by Crippen LogP contribution is -2.36. The molecule has 1 aliphatic heterocycles. The van der Waals surface area contributed by atoms with Gasteiger partial charge < -0.3 is 14.8 Å². The molecule has 0 aromatic heterocycles. The van der Waals surface area contributed by atoms with Gasteiger partial charge >= 0.3 is 5.97 Å².